The van der Waals surface area contributed by atoms with E-state index in [-0.39, 0.29) is 0 Å². The molecule has 2 fully saturated rings. The Labute approximate surface area is 129 Å². The van der Waals surface area contributed by atoms with Crippen molar-refractivity contribution in [2.45, 2.75) is 63.7 Å². The molecule has 1 N–H and O–H groups in total. The minimum absolute atomic E-state index is 0.638. The number of rotatable bonds is 5. The van der Waals surface area contributed by atoms with E-state index in [1.807, 2.05) is 0 Å². The van der Waals surface area contributed by atoms with Gasteiger partial charge in [0, 0.05) is 18.4 Å². The number of hydrogen-bond donors (Lipinski definition) is 1. The Morgan fingerprint density at radius 1 is 1.11 bits per heavy atom. The summed E-state index contributed by atoms with van der Waals surface area (Å²) in [5, 5.41) is 3.49. The van der Waals surface area contributed by atoms with Crippen LogP contribution in [0.2, 0.25) is 0 Å². The van der Waals surface area contributed by atoms with Crippen molar-refractivity contribution in [1.29, 1.82) is 0 Å². The Morgan fingerprint density at radius 2 is 1.84 bits per heavy atom. The van der Waals surface area contributed by atoms with Crippen LogP contribution in [0.5, 0.6) is 0 Å². The molecule has 2 saturated carbocycles. The number of anilines is 1. The van der Waals surface area contributed by atoms with Crippen LogP contribution in [-0.2, 0) is 0 Å². The highest BCUT2D eigenvalue weighted by atomic mass is 127. The van der Waals surface area contributed by atoms with Crippen LogP contribution in [0.1, 0.15) is 75.2 Å². The monoisotopic (exact) mass is 371 g/mol. The van der Waals surface area contributed by atoms with Gasteiger partial charge in [-0.15, -0.1) is 0 Å². The summed E-state index contributed by atoms with van der Waals surface area (Å²) in [6.07, 6.45) is 9.03. The lowest BCUT2D eigenvalue weighted by Gasteiger charge is -2.16. The predicted octanol–water partition coefficient (Wildman–Crippen LogP) is 4.44. The minimum atomic E-state index is 0.638. The summed E-state index contributed by atoms with van der Waals surface area (Å²) in [7, 11) is 0. The molecule has 0 spiro atoms. The Balaban J connectivity index is 1.93. The van der Waals surface area contributed by atoms with Crippen LogP contribution in [0.4, 0.5) is 5.82 Å². The molecule has 19 heavy (non-hydrogen) atoms. The van der Waals surface area contributed by atoms with Crippen LogP contribution < -0.4 is 5.32 Å². The number of aromatic nitrogens is 2. The van der Waals surface area contributed by atoms with Crippen LogP contribution in [0.25, 0.3) is 0 Å². The van der Waals surface area contributed by atoms with Gasteiger partial charge in [-0.25, -0.2) is 9.97 Å². The largest absolute Gasteiger partial charge is 0.369 e. The van der Waals surface area contributed by atoms with Crippen LogP contribution in [0, 0.1) is 3.57 Å². The van der Waals surface area contributed by atoms with Gasteiger partial charge in [0.05, 0.1) is 9.26 Å². The number of nitrogens with one attached hydrogen (secondary N) is 1. The van der Waals surface area contributed by atoms with Gasteiger partial charge in [0.2, 0.25) is 0 Å². The van der Waals surface area contributed by atoms with Gasteiger partial charge in [0.15, 0.2) is 0 Å². The van der Waals surface area contributed by atoms with E-state index in [0.717, 1.165) is 24.6 Å². The van der Waals surface area contributed by atoms with Crippen molar-refractivity contribution in [3.63, 3.8) is 0 Å². The molecule has 0 radical (unpaired) electrons. The second-order valence-electron chi connectivity index (χ2n) is 5.81. The van der Waals surface area contributed by atoms with Gasteiger partial charge in [-0.3, -0.25) is 0 Å². The highest BCUT2D eigenvalue weighted by Gasteiger charge is 2.30. The molecule has 1 aromatic rings. The summed E-state index contributed by atoms with van der Waals surface area (Å²) in [6, 6.07) is 0. The zero-order chi connectivity index (χ0) is 13.2. The maximum Gasteiger partial charge on any atom is 0.143 e. The Morgan fingerprint density at radius 3 is 2.47 bits per heavy atom. The zero-order valence-corrected chi connectivity index (χ0v) is 13.7. The van der Waals surface area contributed by atoms with Gasteiger partial charge < -0.3 is 5.32 Å². The molecule has 0 bridgehead atoms. The summed E-state index contributed by atoms with van der Waals surface area (Å²) in [5.74, 6) is 3.50. The van der Waals surface area contributed by atoms with E-state index in [1.54, 1.807) is 0 Å². The first-order valence-corrected chi connectivity index (χ1v) is 8.68. The summed E-state index contributed by atoms with van der Waals surface area (Å²) >= 11 is 2.44. The van der Waals surface area contributed by atoms with E-state index in [2.05, 4.69) is 34.8 Å². The molecule has 104 valence electrons. The molecule has 0 aliphatic heterocycles. The summed E-state index contributed by atoms with van der Waals surface area (Å²) in [6.45, 7) is 3.20. The molecule has 0 amide bonds. The fourth-order valence-electron chi connectivity index (χ4n) is 2.84. The standard InChI is InChI=1S/C15H22IN3/c1-2-9-17-15-12(16)13(10-5-3-4-6-10)18-14(19-15)11-7-8-11/h10-11H,2-9H2,1H3,(H,17,18,19). The average molecular weight is 371 g/mol. The smallest absolute Gasteiger partial charge is 0.143 e. The topological polar surface area (TPSA) is 37.8 Å². The maximum absolute atomic E-state index is 4.93. The van der Waals surface area contributed by atoms with Gasteiger partial charge >= 0.3 is 0 Å². The van der Waals surface area contributed by atoms with E-state index >= 15 is 0 Å². The highest BCUT2D eigenvalue weighted by molar-refractivity contribution is 14.1. The zero-order valence-electron chi connectivity index (χ0n) is 11.6. The third kappa shape index (κ3) is 3.03. The molecule has 2 aliphatic rings. The molecular weight excluding hydrogens is 349 g/mol. The Bertz CT molecular complexity index is 451. The molecule has 2 aliphatic carbocycles. The van der Waals surface area contributed by atoms with Crippen LogP contribution in [-0.4, -0.2) is 16.5 Å². The lowest BCUT2D eigenvalue weighted by molar-refractivity contribution is 0.678. The van der Waals surface area contributed by atoms with Crippen LogP contribution in [0.15, 0.2) is 0 Å². The van der Waals surface area contributed by atoms with E-state index in [0.29, 0.717) is 11.8 Å². The van der Waals surface area contributed by atoms with Crippen molar-refractivity contribution in [3.8, 4) is 0 Å². The molecule has 1 aromatic heterocycles. The molecule has 3 rings (SSSR count). The minimum Gasteiger partial charge on any atom is -0.369 e. The molecule has 3 nitrogen and oxygen atoms in total. The Kier molecular flexibility index (Phi) is 4.24. The lowest BCUT2D eigenvalue weighted by Crippen LogP contribution is -2.12. The quantitative estimate of drug-likeness (QED) is 0.778. The Hall–Kier alpha value is -0.390. The SMILES string of the molecule is CCCNc1nc(C2CC2)nc(C2CCCC2)c1I. The van der Waals surface area contributed by atoms with Gasteiger partial charge in [0.1, 0.15) is 11.6 Å². The second kappa shape index (κ2) is 5.94. The molecule has 4 heteroatoms. The number of nitrogens with zero attached hydrogens (tertiary/aromatic N) is 2. The van der Waals surface area contributed by atoms with E-state index in [9.17, 15) is 0 Å². The second-order valence-corrected chi connectivity index (χ2v) is 6.89. The van der Waals surface area contributed by atoms with Crippen LogP contribution in [0.3, 0.4) is 0 Å². The van der Waals surface area contributed by atoms with Crippen molar-refractivity contribution in [3.05, 3.63) is 15.1 Å². The van der Waals surface area contributed by atoms with Crippen molar-refractivity contribution in [2.75, 3.05) is 11.9 Å². The summed E-state index contributed by atoms with van der Waals surface area (Å²) in [4.78, 5) is 9.70. The molecule has 0 saturated heterocycles. The van der Waals surface area contributed by atoms with E-state index < -0.39 is 0 Å². The van der Waals surface area contributed by atoms with Crippen molar-refractivity contribution in [2.24, 2.45) is 0 Å². The van der Waals surface area contributed by atoms with Crippen molar-refractivity contribution < 1.29 is 0 Å². The molecular formula is C15H22IN3. The van der Waals surface area contributed by atoms with Gasteiger partial charge in [-0.2, -0.15) is 0 Å². The number of halogens is 1. The third-order valence-corrected chi connectivity index (χ3v) is 5.18. The summed E-state index contributed by atoms with van der Waals surface area (Å²) < 4.78 is 1.27. The van der Waals surface area contributed by atoms with E-state index in [1.165, 1.54) is 47.8 Å². The molecule has 0 aromatic carbocycles. The van der Waals surface area contributed by atoms with Gasteiger partial charge in [-0.05, 0) is 54.7 Å². The number of hydrogen-bond acceptors (Lipinski definition) is 3. The average Bonchev–Trinajstić information content (AvgIpc) is 3.13. The maximum atomic E-state index is 4.93. The predicted molar refractivity (Wildman–Crippen MR) is 86.7 cm³/mol. The van der Waals surface area contributed by atoms with Gasteiger partial charge in [0.25, 0.3) is 0 Å². The summed E-state index contributed by atoms with van der Waals surface area (Å²) in [5.41, 5.74) is 1.33. The normalized spacial score (nSPS) is 19.9. The fraction of sp³-hybridized carbons (Fsp3) is 0.733. The lowest BCUT2D eigenvalue weighted by atomic mass is 10.0. The first kappa shape index (κ1) is 13.6. The first-order chi connectivity index (χ1) is 9.29. The van der Waals surface area contributed by atoms with E-state index in [4.69, 9.17) is 9.97 Å². The van der Waals surface area contributed by atoms with Crippen molar-refractivity contribution in [1.82, 2.24) is 9.97 Å². The molecule has 0 unspecified atom stereocenters. The van der Waals surface area contributed by atoms with Crippen molar-refractivity contribution >= 4 is 28.4 Å². The molecule has 0 atom stereocenters. The molecule has 1 heterocycles. The van der Waals surface area contributed by atoms with Crippen LogP contribution >= 0.6 is 22.6 Å². The highest BCUT2D eigenvalue weighted by Crippen LogP contribution is 2.42. The fourth-order valence-corrected chi connectivity index (χ4v) is 3.71. The first-order valence-electron chi connectivity index (χ1n) is 7.60. The van der Waals surface area contributed by atoms with Gasteiger partial charge in [-0.1, -0.05) is 19.8 Å². The third-order valence-electron chi connectivity index (χ3n) is 4.12.